The van der Waals surface area contributed by atoms with Crippen molar-refractivity contribution in [2.75, 3.05) is 11.9 Å². The number of halogens is 1. The molecule has 2 atom stereocenters. The Balaban J connectivity index is 2.05. The van der Waals surface area contributed by atoms with Gasteiger partial charge < -0.3 is 10.1 Å². The highest BCUT2D eigenvalue weighted by molar-refractivity contribution is 6.31. The lowest BCUT2D eigenvalue weighted by atomic mass is 10.0. The topological polar surface area (TPSA) is 21.3 Å². The first-order valence-electron chi connectivity index (χ1n) is 5.80. The Morgan fingerprint density at radius 2 is 2.25 bits per heavy atom. The smallest absolute Gasteiger partial charge is 0.0566 e. The van der Waals surface area contributed by atoms with Crippen LogP contribution in [-0.4, -0.2) is 18.8 Å². The standard InChI is InChI=1S/C13H18ClNO/c1-9-8-11(6-7-16-9)15-13-5-3-4-12(14)10(13)2/h3-5,9,11,15H,6-8H2,1-2H3. The average Bonchev–Trinajstić information content (AvgIpc) is 2.25. The maximum Gasteiger partial charge on any atom is 0.0566 e. The largest absolute Gasteiger partial charge is 0.382 e. The van der Waals surface area contributed by atoms with E-state index in [1.807, 2.05) is 19.1 Å². The zero-order valence-corrected chi connectivity index (χ0v) is 10.6. The van der Waals surface area contributed by atoms with Crippen molar-refractivity contribution in [1.29, 1.82) is 0 Å². The van der Waals surface area contributed by atoms with E-state index in [1.165, 1.54) is 0 Å². The maximum atomic E-state index is 6.10. The van der Waals surface area contributed by atoms with Crippen molar-refractivity contribution in [3.63, 3.8) is 0 Å². The van der Waals surface area contributed by atoms with Crippen LogP contribution in [-0.2, 0) is 4.74 Å². The van der Waals surface area contributed by atoms with Gasteiger partial charge in [0.15, 0.2) is 0 Å². The van der Waals surface area contributed by atoms with Gasteiger partial charge in [0.2, 0.25) is 0 Å². The summed E-state index contributed by atoms with van der Waals surface area (Å²) in [6.45, 7) is 5.02. The highest BCUT2D eigenvalue weighted by Gasteiger charge is 2.19. The van der Waals surface area contributed by atoms with Gasteiger partial charge in [-0.3, -0.25) is 0 Å². The highest BCUT2D eigenvalue weighted by Crippen LogP contribution is 2.25. The zero-order valence-electron chi connectivity index (χ0n) is 9.79. The number of rotatable bonds is 2. The molecule has 0 spiro atoms. The molecule has 0 aromatic heterocycles. The predicted octanol–water partition coefficient (Wildman–Crippen LogP) is 3.63. The second-order valence-electron chi connectivity index (χ2n) is 4.46. The average molecular weight is 240 g/mol. The van der Waals surface area contributed by atoms with Gasteiger partial charge in [-0.1, -0.05) is 17.7 Å². The van der Waals surface area contributed by atoms with Gasteiger partial charge in [0.1, 0.15) is 0 Å². The van der Waals surface area contributed by atoms with Crippen LogP contribution < -0.4 is 5.32 Å². The quantitative estimate of drug-likeness (QED) is 0.851. The van der Waals surface area contributed by atoms with Crippen molar-refractivity contribution in [3.05, 3.63) is 28.8 Å². The van der Waals surface area contributed by atoms with Gasteiger partial charge in [-0.15, -0.1) is 0 Å². The van der Waals surface area contributed by atoms with Crippen molar-refractivity contribution in [2.45, 2.75) is 38.8 Å². The van der Waals surface area contributed by atoms with Crippen molar-refractivity contribution >= 4 is 17.3 Å². The van der Waals surface area contributed by atoms with Crippen LogP contribution in [0.15, 0.2) is 18.2 Å². The van der Waals surface area contributed by atoms with Crippen molar-refractivity contribution < 1.29 is 4.74 Å². The summed E-state index contributed by atoms with van der Waals surface area (Å²) < 4.78 is 5.53. The summed E-state index contributed by atoms with van der Waals surface area (Å²) in [5.41, 5.74) is 2.27. The normalized spacial score (nSPS) is 25.4. The van der Waals surface area contributed by atoms with Gasteiger partial charge in [-0.05, 0) is 44.4 Å². The molecule has 3 heteroatoms. The molecule has 2 unspecified atom stereocenters. The number of hydrogen-bond donors (Lipinski definition) is 1. The van der Waals surface area contributed by atoms with E-state index >= 15 is 0 Å². The third kappa shape index (κ3) is 2.69. The molecule has 1 aliphatic heterocycles. The first-order valence-corrected chi connectivity index (χ1v) is 6.18. The van der Waals surface area contributed by atoms with Crippen LogP contribution in [0.3, 0.4) is 0 Å². The van der Waals surface area contributed by atoms with Gasteiger partial charge in [0.05, 0.1) is 6.10 Å². The van der Waals surface area contributed by atoms with Crippen LogP contribution in [0.2, 0.25) is 5.02 Å². The van der Waals surface area contributed by atoms with Crippen molar-refractivity contribution in [1.82, 2.24) is 0 Å². The fraction of sp³-hybridized carbons (Fsp3) is 0.538. The summed E-state index contributed by atoms with van der Waals surface area (Å²) in [6, 6.07) is 6.50. The molecule has 1 saturated heterocycles. The fourth-order valence-electron chi connectivity index (χ4n) is 2.11. The lowest BCUT2D eigenvalue weighted by molar-refractivity contribution is 0.0232. The van der Waals surface area contributed by atoms with E-state index in [0.29, 0.717) is 12.1 Å². The van der Waals surface area contributed by atoms with Gasteiger partial charge in [0.25, 0.3) is 0 Å². The molecular weight excluding hydrogens is 222 g/mol. The summed E-state index contributed by atoms with van der Waals surface area (Å²) in [6.07, 6.45) is 2.48. The summed E-state index contributed by atoms with van der Waals surface area (Å²) >= 11 is 6.10. The molecule has 1 heterocycles. The molecule has 1 aromatic rings. The lowest BCUT2D eigenvalue weighted by Crippen LogP contribution is -2.32. The van der Waals surface area contributed by atoms with Crippen LogP contribution in [0.5, 0.6) is 0 Å². The second-order valence-corrected chi connectivity index (χ2v) is 4.87. The molecule has 16 heavy (non-hydrogen) atoms. The van der Waals surface area contributed by atoms with E-state index in [0.717, 1.165) is 35.7 Å². The first-order chi connectivity index (χ1) is 7.66. The summed E-state index contributed by atoms with van der Waals surface area (Å²) in [7, 11) is 0. The fourth-order valence-corrected chi connectivity index (χ4v) is 2.29. The third-order valence-corrected chi connectivity index (χ3v) is 3.52. The number of ether oxygens (including phenoxy) is 1. The van der Waals surface area contributed by atoms with Gasteiger partial charge in [-0.25, -0.2) is 0 Å². The molecular formula is C13H18ClNO. The minimum atomic E-state index is 0.353. The zero-order chi connectivity index (χ0) is 11.5. The maximum absolute atomic E-state index is 6.10. The summed E-state index contributed by atoms with van der Waals surface area (Å²) in [5.74, 6) is 0. The number of hydrogen-bond acceptors (Lipinski definition) is 2. The molecule has 2 rings (SSSR count). The van der Waals surface area contributed by atoms with E-state index in [2.05, 4.69) is 18.3 Å². The Kier molecular flexibility index (Phi) is 3.72. The molecule has 1 fully saturated rings. The van der Waals surface area contributed by atoms with Gasteiger partial charge in [-0.2, -0.15) is 0 Å². The minimum Gasteiger partial charge on any atom is -0.382 e. The van der Waals surface area contributed by atoms with Gasteiger partial charge in [0, 0.05) is 23.4 Å². The molecule has 0 amide bonds. The summed E-state index contributed by atoms with van der Waals surface area (Å²) in [4.78, 5) is 0. The number of anilines is 1. The molecule has 1 aromatic carbocycles. The second kappa shape index (κ2) is 5.07. The van der Waals surface area contributed by atoms with E-state index in [4.69, 9.17) is 16.3 Å². The van der Waals surface area contributed by atoms with E-state index in [1.54, 1.807) is 0 Å². The van der Waals surface area contributed by atoms with Crippen molar-refractivity contribution in [3.8, 4) is 0 Å². The Bertz CT molecular complexity index is 367. The number of nitrogens with one attached hydrogen (secondary N) is 1. The van der Waals surface area contributed by atoms with Crippen LogP contribution >= 0.6 is 11.6 Å². The first kappa shape index (κ1) is 11.7. The van der Waals surface area contributed by atoms with Crippen LogP contribution in [0, 0.1) is 6.92 Å². The van der Waals surface area contributed by atoms with E-state index in [9.17, 15) is 0 Å². The Morgan fingerprint density at radius 3 is 3.00 bits per heavy atom. The lowest BCUT2D eigenvalue weighted by Gasteiger charge is -2.29. The molecule has 0 saturated carbocycles. The van der Waals surface area contributed by atoms with E-state index in [-0.39, 0.29) is 0 Å². The molecule has 0 bridgehead atoms. The highest BCUT2D eigenvalue weighted by atomic mass is 35.5. The molecule has 1 N–H and O–H groups in total. The molecule has 0 radical (unpaired) electrons. The predicted molar refractivity (Wildman–Crippen MR) is 68.2 cm³/mol. The molecule has 1 aliphatic rings. The summed E-state index contributed by atoms with van der Waals surface area (Å²) in [5, 5.41) is 4.38. The molecule has 88 valence electrons. The van der Waals surface area contributed by atoms with Crippen LogP contribution in [0.25, 0.3) is 0 Å². The van der Waals surface area contributed by atoms with Crippen molar-refractivity contribution in [2.24, 2.45) is 0 Å². The Hall–Kier alpha value is -0.730. The van der Waals surface area contributed by atoms with E-state index < -0.39 is 0 Å². The Morgan fingerprint density at radius 1 is 1.44 bits per heavy atom. The molecule has 0 aliphatic carbocycles. The van der Waals surface area contributed by atoms with Gasteiger partial charge >= 0.3 is 0 Å². The number of benzene rings is 1. The SMILES string of the molecule is Cc1c(Cl)cccc1NC1CCOC(C)C1. The minimum absolute atomic E-state index is 0.353. The van der Waals surface area contributed by atoms with Crippen LogP contribution in [0.1, 0.15) is 25.3 Å². The van der Waals surface area contributed by atoms with Crippen LogP contribution in [0.4, 0.5) is 5.69 Å². The Labute approximate surface area is 102 Å². The third-order valence-electron chi connectivity index (χ3n) is 3.11. The monoisotopic (exact) mass is 239 g/mol. The molecule has 2 nitrogen and oxygen atoms in total.